The third-order valence-electron chi connectivity index (χ3n) is 7.63. The minimum Gasteiger partial charge on any atom is -0.480 e. The lowest BCUT2D eigenvalue weighted by Crippen LogP contribution is -2.48. The number of hydrogen-bond acceptors (Lipinski definition) is 4. The van der Waals surface area contributed by atoms with Crippen molar-refractivity contribution in [3.63, 3.8) is 0 Å². The molecule has 1 aliphatic rings. The van der Waals surface area contributed by atoms with Crippen molar-refractivity contribution in [2.45, 2.75) is 42.8 Å². The number of nitrogens with zero attached hydrogens (tertiary/aromatic N) is 1. The molecule has 1 amide bonds. The highest BCUT2D eigenvalue weighted by Gasteiger charge is 2.45. The Balaban J connectivity index is 1.66. The molecule has 0 spiro atoms. The van der Waals surface area contributed by atoms with E-state index in [-0.39, 0.29) is 23.3 Å². The molecular weight excluding hydrogens is 619 g/mol. The first-order valence-electron chi connectivity index (χ1n) is 13.9. The maximum absolute atomic E-state index is 14.7. The normalized spacial score (nSPS) is 17.8. The molecule has 0 fully saturated rings. The summed E-state index contributed by atoms with van der Waals surface area (Å²) in [5.74, 6) is -1.89. The van der Waals surface area contributed by atoms with Crippen LogP contribution in [0.2, 0.25) is 10.0 Å². The van der Waals surface area contributed by atoms with Crippen molar-refractivity contribution in [2.24, 2.45) is 0 Å². The topological polar surface area (TPSA) is 104 Å². The Morgan fingerprint density at radius 2 is 1.57 bits per heavy atom. The number of carboxylic acid groups (broad SMARTS) is 1. The summed E-state index contributed by atoms with van der Waals surface area (Å²) in [4.78, 5) is 26.4. The number of carbonyl (C=O) groups is 2. The Hall–Kier alpha value is -3.95. The molecule has 7 nitrogen and oxygen atoms in total. The van der Waals surface area contributed by atoms with Crippen LogP contribution >= 0.6 is 23.2 Å². The molecule has 226 valence electrons. The lowest BCUT2D eigenvalue weighted by Gasteiger charge is -2.41. The van der Waals surface area contributed by atoms with Gasteiger partial charge in [0.2, 0.25) is 15.9 Å². The Bertz CT molecular complexity index is 1810. The molecule has 44 heavy (non-hydrogen) atoms. The van der Waals surface area contributed by atoms with Crippen molar-refractivity contribution in [1.29, 1.82) is 0 Å². The van der Waals surface area contributed by atoms with E-state index < -0.39 is 40.0 Å². The van der Waals surface area contributed by atoms with Gasteiger partial charge in [-0.25, -0.2) is 13.2 Å². The van der Waals surface area contributed by atoms with E-state index in [2.05, 4.69) is 5.32 Å². The highest BCUT2D eigenvalue weighted by molar-refractivity contribution is 7.89. The highest BCUT2D eigenvalue weighted by Crippen LogP contribution is 2.46. The lowest BCUT2D eigenvalue weighted by atomic mass is 9.88. The van der Waals surface area contributed by atoms with Crippen LogP contribution in [0, 0.1) is 6.92 Å². The lowest BCUT2D eigenvalue weighted by molar-refractivity contribution is -0.141. The molecule has 0 saturated heterocycles. The van der Waals surface area contributed by atoms with E-state index in [0.717, 1.165) is 5.56 Å². The SMILES string of the molecule is Cc1ccccc1S(=O)(=O)N1C(c2ccc(Cl)cc2)CC=C(C(=O)N[C@@H](Cc2ccccc2)C(=O)O)[C@@H]1c1cccc(Cl)c1. The molecule has 4 aromatic carbocycles. The van der Waals surface area contributed by atoms with Crippen molar-refractivity contribution in [3.05, 3.63) is 147 Å². The first kappa shape index (κ1) is 31.5. The largest absolute Gasteiger partial charge is 0.480 e. The molecule has 2 N–H and O–H groups in total. The molecule has 0 aliphatic carbocycles. The average Bonchev–Trinajstić information content (AvgIpc) is 3.01. The quantitative estimate of drug-likeness (QED) is 0.205. The van der Waals surface area contributed by atoms with Crippen LogP contribution in [0.3, 0.4) is 0 Å². The summed E-state index contributed by atoms with van der Waals surface area (Å²) < 4.78 is 30.7. The van der Waals surface area contributed by atoms with Gasteiger partial charge in [0.15, 0.2) is 0 Å². The van der Waals surface area contributed by atoms with Crippen LogP contribution in [0.25, 0.3) is 0 Å². The third-order valence-corrected chi connectivity index (χ3v) is 10.2. The predicted octanol–water partition coefficient (Wildman–Crippen LogP) is 6.92. The van der Waals surface area contributed by atoms with Gasteiger partial charge in [0.25, 0.3) is 0 Å². The van der Waals surface area contributed by atoms with Crippen LogP contribution in [0.1, 0.15) is 40.8 Å². The fourth-order valence-electron chi connectivity index (χ4n) is 5.52. The first-order chi connectivity index (χ1) is 21.1. The first-order valence-corrected chi connectivity index (χ1v) is 16.1. The molecular formula is C34H30Cl2N2O5S. The molecule has 10 heteroatoms. The van der Waals surface area contributed by atoms with E-state index in [1.54, 1.807) is 104 Å². The molecule has 0 bridgehead atoms. The maximum Gasteiger partial charge on any atom is 0.326 e. The van der Waals surface area contributed by atoms with Crippen LogP contribution in [0.15, 0.2) is 120 Å². The second-order valence-electron chi connectivity index (χ2n) is 10.6. The van der Waals surface area contributed by atoms with E-state index in [0.29, 0.717) is 26.7 Å². The van der Waals surface area contributed by atoms with Gasteiger partial charge in [-0.15, -0.1) is 0 Å². The third kappa shape index (κ3) is 6.74. The number of halogens is 2. The molecule has 0 aromatic heterocycles. The molecule has 0 radical (unpaired) electrons. The molecule has 5 rings (SSSR count). The van der Waals surface area contributed by atoms with Crippen LogP contribution in [0.4, 0.5) is 0 Å². The fourth-order valence-corrected chi connectivity index (χ4v) is 7.85. The molecule has 1 heterocycles. The van der Waals surface area contributed by atoms with Gasteiger partial charge in [-0.3, -0.25) is 4.79 Å². The second-order valence-corrected chi connectivity index (χ2v) is 13.3. The van der Waals surface area contributed by atoms with Crippen molar-refractivity contribution in [2.75, 3.05) is 0 Å². The minimum absolute atomic E-state index is 0.0512. The van der Waals surface area contributed by atoms with Crippen molar-refractivity contribution < 1.29 is 23.1 Å². The van der Waals surface area contributed by atoms with Gasteiger partial charge in [0.1, 0.15) is 6.04 Å². The summed E-state index contributed by atoms with van der Waals surface area (Å²) in [6.45, 7) is 1.72. The highest BCUT2D eigenvalue weighted by atomic mass is 35.5. The number of carboxylic acids is 1. The summed E-state index contributed by atoms with van der Waals surface area (Å²) in [6.07, 6.45) is 1.89. The number of aliphatic carboxylic acids is 1. The summed E-state index contributed by atoms with van der Waals surface area (Å²) in [5.41, 5.74) is 2.53. The summed E-state index contributed by atoms with van der Waals surface area (Å²) >= 11 is 12.6. The van der Waals surface area contributed by atoms with Crippen molar-refractivity contribution >= 4 is 45.1 Å². The predicted molar refractivity (Wildman–Crippen MR) is 171 cm³/mol. The maximum atomic E-state index is 14.7. The Morgan fingerprint density at radius 1 is 0.886 bits per heavy atom. The van der Waals surface area contributed by atoms with Crippen LogP contribution < -0.4 is 5.32 Å². The van der Waals surface area contributed by atoms with E-state index in [1.807, 2.05) is 6.07 Å². The van der Waals surface area contributed by atoms with Gasteiger partial charge in [0.05, 0.1) is 17.0 Å². The summed E-state index contributed by atoms with van der Waals surface area (Å²) in [6, 6.07) is 26.1. The summed E-state index contributed by atoms with van der Waals surface area (Å²) in [7, 11) is -4.25. The number of amides is 1. The standard InChI is InChI=1S/C34H30Cl2N2O5S/c1-22-8-5-6-13-31(22)44(42,43)38-30(24-14-16-26(35)17-15-24)19-18-28(32(38)25-11-7-12-27(36)21-25)33(39)37-29(34(40)41)20-23-9-3-2-4-10-23/h2-18,21,29-30,32H,19-20H2,1H3,(H,37,39)(H,40,41)/t29-,30?,32-/m0/s1. The number of nitrogens with one attached hydrogen (secondary N) is 1. The van der Waals surface area contributed by atoms with E-state index in [1.165, 1.54) is 10.4 Å². The number of benzene rings is 4. The van der Waals surface area contributed by atoms with Gasteiger partial charge in [-0.05, 0) is 65.9 Å². The smallest absolute Gasteiger partial charge is 0.326 e. The Morgan fingerprint density at radius 3 is 2.23 bits per heavy atom. The van der Waals surface area contributed by atoms with Crippen LogP contribution in [0.5, 0.6) is 0 Å². The molecule has 3 atom stereocenters. The van der Waals surface area contributed by atoms with Gasteiger partial charge in [-0.1, -0.05) is 102 Å². The Labute approximate surface area is 266 Å². The van der Waals surface area contributed by atoms with E-state index >= 15 is 0 Å². The minimum atomic E-state index is -4.25. The number of sulfonamides is 1. The van der Waals surface area contributed by atoms with Gasteiger partial charge in [0, 0.05) is 22.0 Å². The number of aryl methyl sites for hydroxylation is 1. The number of carbonyl (C=O) groups excluding carboxylic acids is 1. The number of rotatable bonds is 9. The average molecular weight is 650 g/mol. The molecule has 1 aliphatic heterocycles. The zero-order valence-electron chi connectivity index (χ0n) is 23.7. The fraction of sp³-hybridized carbons (Fsp3) is 0.176. The van der Waals surface area contributed by atoms with E-state index in [4.69, 9.17) is 23.2 Å². The molecule has 4 aromatic rings. The zero-order chi connectivity index (χ0) is 31.4. The molecule has 1 unspecified atom stereocenters. The second kappa shape index (κ2) is 13.4. The van der Waals surface area contributed by atoms with Crippen LogP contribution in [-0.2, 0) is 26.0 Å². The van der Waals surface area contributed by atoms with Gasteiger partial charge < -0.3 is 10.4 Å². The zero-order valence-corrected chi connectivity index (χ0v) is 26.1. The molecule has 0 saturated carbocycles. The monoisotopic (exact) mass is 648 g/mol. The Kier molecular flexibility index (Phi) is 9.56. The summed E-state index contributed by atoms with van der Waals surface area (Å²) in [5, 5.41) is 13.5. The van der Waals surface area contributed by atoms with Crippen molar-refractivity contribution in [3.8, 4) is 0 Å². The van der Waals surface area contributed by atoms with Gasteiger partial charge in [-0.2, -0.15) is 4.31 Å². The van der Waals surface area contributed by atoms with Crippen molar-refractivity contribution in [1.82, 2.24) is 9.62 Å². The van der Waals surface area contributed by atoms with Gasteiger partial charge >= 0.3 is 5.97 Å². The number of hydrogen-bond donors (Lipinski definition) is 2. The van der Waals surface area contributed by atoms with E-state index in [9.17, 15) is 23.1 Å². The van der Waals surface area contributed by atoms with Crippen LogP contribution in [-0.4, -0.2) is 35.7 Å².